The molecule has 0 atom stereocenters. The van der Waals surface area contributed by atoms with Crippen molar-refractivity contribution < 1.29 is 9.90 Å². The van der Waals surface area contributed by atoms with E-state index in [4.69, 9.17) is 0 Å². The highest BCUT2D eigenvalue weighted by atomic mass is 16.3. The summed E-state index contributed by atoms with van der Waals surface area (Å²) < 4.78 is 0. The molecule has 4 heteroatoms. The molecular weight excluding hydrogens is 336 g/mol. The van der Waals surface area contributed by atoms with E-state index >= 15 is 0 Å². The van der Waals surface area contributed by atoms with Crippen molar-refractivity contribution in [1.82, 2.24) is 9.80 Å². The van der Waals surface area contributed by atoms with Crippen LogP contribution in [0.3, 0.4) is 0 Å². The van der Waals surface area contributed by atoms with Crippen molar-refractivity contribution >= 4 is 11.5 Å². The van der Waals surface area contributed by atoms with Crippen LogP contribution in [0.5, 0.6) is 5.75 Å². The van der Waals surface area contributed by atoms with E-state index in [0.29, 0.717) is 18.7 Å². The van der Waals surface area contributed by atoms with Crippen LogP contribution in [0.2, 0.25) is 0 Å². The first-order valence-corrected chi connectivity index (χ1v) is 9.56. The van der Waals surface area contributed by atoms with Crippen LogP contribution in [-0.2, 0) is 13.0 Å². The largest absolute Gasteiger partial charge is 0.507 e. The summed E-state index contributed by atoms with van der Waals surface area (Å²) in [6.07, 6.45) is 4.79. The molecule has 0 radical (unpaired) electrons. The number of carbonyl (C=O) groups is 1. The van der Waals surface area contributed by atoms with Gasteiger partial charge in [0.2, 0.25) is 0 Å². The Morgan fingerprint density at radius 3 is 2.63 bits per heavy atom. The lowest BCUT2D eigenvalue weighted by atomic mass is 9.98. The fraction of sp³-hybridized carbons (Fsp3) is 0.348. The quantitative estimate of drug-likeness (QED) is 0.797. The Kier molecular flexibility index (Phi) is 5.84. The minimum atomic E-state index is -0.0586. The number of rotatable bonds is 7. The summed E-state index contributed by atoms with van der Waals surface area (Å²) in [6.45, 7) is 3.37. The highest BCUT2D eigenvalue weighted by molar-refractivity contribution is 6.01. The molecule has 27 heavy (non-hydrogen) atoms. The Hall–Kier alpha value is -2.75. The molecule has 0 saturated carbocycles. The molecule has 0 unspecified atom stereocenters. The number of phenolic OH excluding ortho intramolecular Hbond substituents is 1. The number of amides is 1. The van der Waals surface area contributed by atoms with Gasteiger partial charge in [0, 0.05) is 33.4 Å². The minimum absolute atomic E-state index is 0.0586. The van der Waals surface area contributed by atoms with Crippen LogP contribution in [0.1, 0.15) is 46.8 Å². The van der Waals surface area contributed by atoms with Gasteiger partial charge in [-0.2, -0.15) is 0 Å². The van der Waals surface area contributed by atoms with E-state index in [1.54, 1.807) is 6.07 Å². The Labute approximate surface area is 161 Å². The first-order chi connectivity index (χ1) is 13.0. The standard InChI is InChI=1S/C23H28N2O2/c1-4-18(15-24(2)3)19-13-20-16-25(23(27)22(20)21(26)14-19)12-8-11-17-9-6-5-7-10-17/h5-7,9-10,13-15,26H,4,8,11-12,16H2,1-3H3/b18-15+. The average molecular weight is 364 g/mol. The van der Waals surface area contributed by atoms with E-state index in [2.05, 4.69) is 31.3 Å². The van der Waals surface area contributed by atoms with Crippen LogP contribution in [0.15, 0.2) is 48.7 Å². The molecule has 4 nitrogen and oxygen atoms in total. The fourth-order valence-electron chi connectivity index (χ4n) is 3.66. The summed E-state index contributed by atoms with van der Waals surface area (Å²) in [5, 5.41) is 10.5. The van der Waals surface area contributed by atoms with Crippen molar-refractivity contribution in [2.45, 2.75) is 32.7 Å². The zero-order valence-corrected chi connectivity index (χ0v) is 16.4. The van der Waals surface area contributed by atoms with Gasteiger partial charge in [-0.3, -0.25) is 4.79 Å². The molecule has 1 amide bonds. The van der Waals surface area contributed by atoms with Crippen LogP contribution >= 0.6 is 0 Å². The molecule has 2 aromatic rings. The van der Waals surface area contributed by atoms with Crippen molar-refractivity contribution in [2.24, 2.45) is 0 Å². The third-order valence-electron chi connectivity index (χ3n) is 4.96. The van der Waals surface area contributed by atoms with Crippen LogP contribution in [0, 0.1) is 0 Å². The first kappa shape index (κ1) is 19.0. The van der Waals surface area contributed by atoms with Crippen molar-refractivity contribution in [3.63, 3.8) is 0 Å². The number of allylic oxidation sites excluding steroid dienone is 1. The molecule has 0 aromatic heterocycles. The molecule has 3 rings (SSSR count). The molecule has 1 aliphatic heterocycles. The zero-order valence-electron chi connectivity index (χ0n) is 16.4. The number of benzene rings is 2. The van der Waals surface area contributed by atoms with Gasteiger partial charge in [0.1, 0.15) is 5.75 Å². The van der Waals surface area contributed by atoms with Gasteiger partial charge in [0.05, 0.1) is 5.56 Å². The van der Waals surface area contributed by atoms with Crippen LogP contribution < -0.4 is 0 Å². The number of aryl methyl sites for hydroxylation is 1. The second kappa shape index (κ2) is 8.30. The summed E-state index contributed by atoms with van der Waals surface area (Å²) in [4.78, 5) is 16.6. The highest BCUT2D eigenvalue weighted by Crippen LogP contribution is 2.34. The lowest BCUT2D eigenvalue weighted by molar-refractivity contribution is 0.0774. The molecule has 2 aromatic carbocycles. The van der Waals surface area contributed by atoms with Gasteiger partial charge in [-0.25, -0.2) is 0 Å². The van der Waals surface area contributed by atoms with Crippen molar-refractivity contribution in [1.29, 1.82) is 0 Å². The molecular formula is C23H28N2O2. The lowest BCUT2D eigenvalue weighted by Gasteiger charge is -2.15. The predicted octanol–water partition coefficient (Wildman–Crippen LogP) is 4.29. The third kappa shape index (κ3) is 4.33. The number of aromatic hydroxyl groups is 1. The number of nitrogens with zero attached hydrogens (tertiary/aromatic N) is 2. The third-order valence-corrected chi connectivity index (χ3v) is 4.96. The average Bonchev–Trinajstić information content (AvgIpc) is 2.96. The van der Waals surface area contributed by atoms with Gasteiger partial charge in [-0.05, 0) is 53.7 Å². The summed E-state index contributed by atoms with van der Waals surface area (Å²) in [5.41, 5.74) is 4.81. The smallest absolute Gasteiger partial charge is 0.258 e. The molecule has 1 heterocycles. The lowest BCUT2D eigenvalue weighted by Crippen LogP contribution is -2.25. The molecule has 0 bridgehead atoms. The molecule has 0 aliphatic carbocycles. The van der Waals surface area contributed by atoms with Gasteiger partial charge in [0.25, 0.3) is 5.91 Å². The van der Waals surface area contributed by atoms with Crippen LogP contribution in [-0.4, -0.2) is 41.5 Å². The summed E-state index contributed by atoms with van der Waals surface area (Å²) >= 11 is 0. The maximum Gasteiger partial charge on any atom is 0.258 e. The van der Waals surface area contributed by atoms with Gasteiger partial charge < -0.3 is 14.9 Å². The monoisotopic (exact) mass is 364 g/mol. The molecule has 0 fully saturated rings. The number of carbonyl (C=O) groups excluding carboxylic acids is 1. The number of hydrogen-bond acceptors (Lipinski definition) is 3. The Morgan fingerprint density at radius 2 is 1.96 bits per heavy atom. The Balaban J connectivity index is 1.73. The summed E-state index contributed by atoms with van der Waals surface area (Å²) in [5.74, 6) is 0.0351. The highest BCUT2D eigenvalue weighted by Gasteiger charge is 2.30. The maximum absolute atomic E-state index is 12.7. The van der Waals surface area contributed by atoms with Crippen LogP contribution in [0.25, 0.3) is 5.57 Å². The van der Waals surface area contributed by atoms with Gasteiger partial charge in [-0.1, -0.05) is 37.3 Å². The molecule has 1 N–H and O–H groups in total. The number of fused-ring (bicyclic) bond motifs is 1. The van der Waals surface area contributed by atoms with E-state index in [0.717, 1.165) is 36.0 Å². The second-order valence-corrected chi connectivity index (χ2v) is 7.32. The molecule has 0 saturated heterocycles. The summed E-state index contributed by atoms with van der Waals surface area (Å²) in [6, 6.07) is 14.1. The topological polar surface area (TPSA) is 43.8 Å². The Bertz CT molecular complexity index is 841. The van der Waals surface area contributed by atoms with E-state index in [1.165, 1.54) is 5.56 Å². The van der Waals surface area contributed by atoms with E-state index < -0.39 is 0 Å². The van der Waals surface area contributed by atoms with Gasteiger partial charge >= 0.3 is 0 Å². The number of phenols is 1. The van der Waals surface area contributed by atoms with E-state index in [-0.39, 0.29) is 11.7 Å². The molecule has 142 valence electrons. The number of hydrogen-bond donors (Lipinski definition) is 1. The Morgan fingerprint density at radius 1 is 1.22 bits per heavy atom. The van der Waals surface area contributed by atoms with Crippen molar-refractivity contribution in [2.75, 3.05) is 20.6 Å². The van der Waals surface area contributed by atoms with Crippen LogP contribution in [0.4, 0.5) is 0 Å². The molecule has 1 aliphatic rings. The minimum Gasteiger partial charge on any atom is -0.507 e. The van der Waals surface area contributed by atoms with Gasteiger partial charge in [-0.15, -0.1) is 0 Å². The second-order valence-electron chi connectivity index (χ2n) is 7.32. The SMILES string of the molecule is CC/C(=C\N(C)C)c1cc(O)c2c(c1)CN(CCCc1ccccc1)C2=O. The normalized spacial score (nSPS) is 13.8. The van der Waals surface area contributed by atoms with E-state index in [1.807, 2.05) is 42.1 Å². The maximum atomic E-state index is 12.7. The fourth-order valence-corrected chi connectivity index (χ4v) is 3.66. The van der Waals surface area contributed by atoms with Gasteiger partial charge in [0.15, 0.2) is 0 Å². The van der Waals surface area contributed by atoms with Crippen molar-refractivity contribution in [3.05, 3.63) is 70.9 Å². The zero-order chi connectivity index (χ0) is 19.4. The molecule has 0 spiro atoms. The predicted molar refractivity (Wildman–Crippen MR) is 110 cm³/mol. The summed E-state index contributed by atoms with van der Waals surface area (Å²) in [7, 11) is 3.97. The van der Waals surface area contributed by atoms with Crippen molar-refractivity contribution in [3.8, 4) is 5.75 Å². The first-order valence-electron chi connectivity index (χ1n) is 9.56. The van der Waals surface area contributed by atoms with E-state index in [9.17, 15) is 9.90 Å².